The van der Waals surface area contributed by atoms with E-state index in [1.165, 1.54) is 19.1 Å². The van der Waals surface area contributed by atoms with Gasteiger partial charge in [0.1, 0.15) is 0 Å². The summed E-state index contributed by atoms with van der Waals surface area (Å²) >= 11 is 3.37. The fraction of sp³-hybridized carbons (Fsp3) is 0.300. The van der Waals surface area contributed by atoms with Gasteiger partial charge < -0.3 is 14.7 Å². The number of hydrogen-bond donors (Lipinski definition) is 2. The molecule has 7 heteroatoms. The number of nitrogens with zero attached hydrogens (tertiary/aromatic N) is 2. The molecule has 3 rings (SSSR count). The highest BCUT2D eigenvalue weighted by Crippen LogP contribution is 2.32. The molecule has 0 saturated carbocycles. The van der Waals surface area contributed by atoms with Gasteiger partial charge in [0.05, 0.1) is 12.8 Å². The predicted octanol–water partition coefficient (Wildman–Crippen LogP) is 3.92. The zero-order valence-electron chi connectivity index (χ0n) is 15.1. The Morgan fingerprint density at radius 2 is 2.00 bits per heavy atom. The molecule has 0 atom stereocenters. The minimum atomic E-state index is -0.307. The van der Waals surface area contributed by atoms with E-state index in [1.807, 2.05) is 19.1 Å². The summed E-state index contributed by atoms with van der Waals surface area (Å²) in [6.45, 7) is 4.40. The Balaban J connectivity index is 1.65. The number of aromatic hydroxyl groups is 1. The lowest BCUT2D eigenvalue weighted by atomic mass is 10.2. The number of phenolic OH excluding ortho intramolecular Hbond substituents is 1. The van der Waals surface area contributed by atoms with Crippen molar-refractivity contribution >= 4 is 33.7 Å². The minimum Gasteiger partial charge on any atom is -0.504 e. The molecule has 0 bridgehead atoms. The summed E-state index contributed by atoms with van der Waals surface area (Å²) in [6, 6.07) is 10.9. The van der Waals surface area contributed by atoms with Gasteiger partial charge in [0.25, 0.3) is 5.91 Å². The number of benzene rings is 2. The molecule has 0 radical (unpaired) electrons. The number of anilines is 1. The van der Waals surface area contributed by atoms with Gasteiger partial charge in [-0.05, 0) is 56.2 Å². The van der Waals surface area contributed by atoms with Gasteiger partial charge in [-0.1, -0.05) is 15.9 Å². The van der Waals surface area contributed by atoms with E-state index in [2.05, 4.69) is 31.4 Å². The second kappa shape index (κ2) is 8.90. The van der Waals surface area contributed by atoms with Crippen molar-refractivity contribution in [3.8, 4) is 11.5 Å². The number of rotatable bonds is 6. The number of hydrazone groups is 1. The van der Waals surface area contributed by atoms with Crippen molar-refractivity contribution in [1.82, 2.24) is 5.43 Å². The molecule has 0 unspecified atom stereocenters. The van der Waals surface area contributed by atoms with Gasteiger partial charge in [0.15, 0.2) is 11.5 Å². The Morgan fingerprint density at radius 1 is 1.30 bits per heavy atom. The molecular weight excluding hydrogens is 410 g/mol. The van der Waals surface area contributed by atoms with Gasteiger partial charge in [0.2, 0.25) is 0 Å². The molecule has 27 heavy (non-hydrogen) atoms. The quantitative estimate of drug-likeness (QED) is 0.536. The highest BCUT2D eigenvalue weighted by Gasteiger charge is 2.13. The van der Waals surface area contributed by atoms with Crippen molar-refractivity contribution in [2.24, 2.45) is 5.10 Å². The fourth-order valence-electron chi connectivity index (χ4n) is 2.98. The molecule has 142 valence electrons. The van der Waals surface area contributed by atoms with Crippen LogP contribution in [0.2, 0.25) is 0 Å². The van der Waals surface area contributed by atoms with Crippen LogP contribution in [0, 0.1) is 0 Å². The van der Waals surface area contributed by atoms with E-state index in [0.29, 0.717) is 23.5 Å². The summed E-state index contributed by atoms with van der Waals surface area (Å²) in [4.78, 5) is 14.6. The topological polar surface area (TPSA) is 74.2 Å². The molecule has 1 aliphatic heterocycles. The highest BCUT2D eigenvalue weighted by atomic mass is 79.9. The number of carbonyl (C=O) groups excluding carboxylic acids is 1. The van der Waals surface area contributed by atoms with E-state index in [1.54, 1.807) is 24.3 Å². The van der Waals surface area contributed by atoms with E-state index < -0.39 is 0 Å². The monoisotopic (exact) mass is 431 g/mol. The predicted molar refractivity (Wildman–Crippen MR) is 110 cm³/mol. The second-order valence-electron chi connectivity index (χ2n) is 6.21. The van der Waals surface area contributed by atoms with Crippen molar-refractivity contribution < 1.29 is 14.6 Å². The van der Waals surface area contributed by atoms with E-state index in [0.717, 1.165) is 23.2 Å². The first-order valence-electron chi connectivity index (χ1n) is 8.92. The van der Waals surface area contributed by atoms with Crippen LogP contribution in [0.1, 0.15) is 35.7 Å². The lowest BCUT2D eigenvalue weighted by Crippen LogP contribution is -2.19. The van der Waals surface area contributed by atoms with Gasteiger partial charge in [-0.25, -0.2) is 5.43 Å². The molecule has 1 amide bonds. The fourth-order valence-corrected chi connectivity index (χ4v) is 3.44. The third-order valence-electron chi connectivity index (χ3n) is 4.34. The maximum absolute atomic E-state index is 12.3. The Morgan fingerprint density at radius 3 is 2.67 bits per heavy atom. The van der Waals surface area contributed by atoms with Crippen LogP contribution in [-0.4, -0.2) is 36.9 Å². The van der Waals surface area contributed by atoms with Crippen LogP contribution in [0.4, 0.5) is 5.69 Å². The number of hydrogen-bond acceptors (Lipinski definition) is 5. The zero-order valence-corrected chi connectivity index (χ0v) is 16.7. The molecule has 0 aliphatic carbocycles. The summed E-state index contributed by atoms with van der Waals surface area (Å²) in [5.41, 5.74) is 4.59. The summed E-state index contributed by atoms with van der Waals surface area (Å²) in [5.74, 6) is 0.0314. The van der Waals surface area contributed by atoms with Crippen molar-refractivity contribution in [3.63, 3.8) is 0 Å². The number of phenols is 1. The maximum atomic E-state index is 12.3. The lowest BCUT2D eigenvalue weighted by Gasteiger charge is -2.17. The number of halogens is 1. The highest BCUT2D eigenvalue weighted by molar-refractivity contribution is 9.10. The lowest BCUT2D eigenvalue weighted by molar-refractivity contribution is 0.0955. The largest absolute Gasteiger partial charge is 0.504 e. The van der Waals surface area contributed by atoms with Crippen molar-refractivity contribution in [1.29, 1.82) is 0 Å². The van der Waals surface area contributed by atoms with Crippen LogP contribution in [0.25, 0.3) is 0 Å². The molecule has 2 N–H and O–H groups in total. The van der Waals surface area contributed by atoms with E-state index >= 15 is 0 Å². The van der Waals surface area contributed by atoms with Crippen LogP contribution >= 0.6 is 15.9 Å². The van der Waals surface area contributed by atoms with Gasteiger partial charge in [-0.2, -0.15) is 5.10 Å². The summed E-state index contributed by atoms with van der Waals surface area (Å²) in [5, 5.41) is 14.2. The SMILES string of the molecule is CCOc1cc(Br)cc(/C=N\NC(=O)c2ccc(N3CCCC3)cc2)c1O. The Labute approximate surface area is 167 Å². The summed E-state index contributed by atoms with van der Waals surface area (Å²) in [6.07, 6.45) is 3.81. The molecule has 1 saturated heterocycles. The maximum Gasteiger partial charge on any atom is 0.271 e. The Hall–Kier alpha value is -2.54. The average Bonchev–Trinajstić information content (AvgIpc) is 3.20. The summed E-state index contributed by atoms with van der Waals surface area (Å²) in [7, 11) is 0. The molecule has 0 spiro atoms. The summed E-state index contributed by atoms with van der Waals surface area (Å²) < 4.78 is 6.12. The molecule has 6 nitrogen and oxygen atoms in total. The van der Waals surface area contributed by atoms with Crippen LogP contribution in [0.3, 0.4) is 0 Å². The Bertz CT molecular complexity index is 831. The molecule has 1 heterocycles. The van der Waals surface area contributed by atoms with Crippen molar-refractivity contribution in [3.05, 3.63) is 52.0 Å². The number of carbonyl (C=O) groups is 1. The number of nitrogens with one attached hydrogen (secondary N) is 1. The van der Waals surface area contributed by atoms with Gasteiger partial charge in [-0.15, -0.1) is 0 Å². The standard InChI is InChI=1S/C20H22BrN3O3/c1-2-27-18-12-16(21)11-15(19(18)25)13-22-23-20(26)14-5-7-17(8-6-14)24-9-3-4-10-24/h5-8,11-13,25H,2-4,9-10H2,1H3,(H,23,26)/b22-13-. The van der Waals surface area contributed by atoms with Crippen LogP contribution < -0.4 is 15.1 Å². The molecule has 1 fully saturated rings. The second-order valence-corrected chi connectivity index (χ2v) is 7.13. The third kappa shape index (κ3) is 4.80. The first-order valence-corrected chi connectivity index (χ1v) is 9.71. The third-order valence-corrected chi connectivity index (χ3v) is 4.80. The first kappa shape index (κ1) is 19.2. The normalized spacial score (nSPS) is 13.9. The van der Waals surface area contributed by atoms with Crippen molar-refractivity contribution in [2.45, 2.75) is 19.8 Å². The zero-order chi connectivity index (χ0) is 19.2. The minimum absolute atomic E-state index is 0.0204. The molecule has 1 aliphatic rings. The van der Waals surface area contributed by atoms with Crippen molar-refractivity contribution in [2.75, 3.05) is 24.6 Å². The average molecular weight is 432 g/mol. The van der Waals surface area contributed by atoms with Crippen LogP contribution in [-0.2, 0) is 0 Å². The molecule has 0 aromatic heterocycles. The van der Waals surface area contributed by atoms with Crippen LogP contribution in [0.15, 0.2) is 46.0 Å². The van der Waals surface area contributed by atoms with Gasteiger partial charge in [0, 0.05) is 34.4 Å². The van der Waals surface area contributed by atoms with Crippen LogP contribution in [0.5, 0.6) is 11.5 Å². The van der Waals surface area contributed by atoms with Gasteiger partial charge in [-0.3, -0.25) is 4.79 Å². The molecule has 2 aromatic rings. The Kier molecular flexibility index (Phi) is 6.34. The smallest absolute Gasteiger partial charge is 0.271 e. The van der Waals surface area contributed by atoms with Gasteiger partial charge >= 0.3 is 0 Å². The number of amides is 1. The molecule has 2 aromatic carbocycles. The van der Waals surface area contributed by atoms with E-state index in [9.17, 15) is 9.90 Å². The van der Waals surface area contributed by atoms with E-state index in [4.69, 9.17) is 4.74 Å². The molecular formula is C20H22BrN3O3. The number of ether oxygens (including phenoxy) is 1. The first-order chi connectivity index (χ1) is 13.1. The van der Waals surface area contributed by atoms with E-state index in [-0.39, 0.29) is 11.7 Å².